The van der Waals surface area contributed by atoms with Crippen molar-refractivity contribution in [3.63, 3.8) is 0 Å². The van der Waals surface area contributed by atoms with Gasteiger partial charge < -0.3 is 4.74 Å². The van der Waals surface area contributed by atoms with Crippen LogP contribution in [0, 0.1) is 29.6 Å². The van der Waals surface area contributed by atoms with Gasteiger partial charge in [0.25, 0.3) is 0 Å². The van der Waals surface area contributed by atoms with Crippen LogP contribution >= 0.6 is 0 Å². The number of ether oxygens (including phenoxy) is 1. The Morgan fingerprint density at radius 1 is 0.808 bits per heavy atom. The van der Waals surface area contributed by atoms with Gasteiger partial charge in [-0.25, -0.2) is 0 Å². The quantitative estimate of drug-likeness (QED) is 0.679. The third-order valence-corrected chi connectivity index (χ3v) is 8.18. The third kappa shape index (κ3) is 2.43. The average Bonchev–Trinajstić information content (AvgIpc) is 3.03. The molecule has 6 fully saturated rings. The van der Waals surface area contributed by atoms with Crippen molar-refractivity contribution in [2.45, 2.75) is 75.8 Å². The molecule has 4 bridgehead atoms. The molecular weight excluding hydrogens is 324 g/mol. The first-order valence-corrected chi connectivity index (χ1v) is 10.8. The van der Waals surface area contributed by atoms with Crippen molar-refractivity contribution in [1.29, 1.82) is 0 Å². The van der Waals surface area contributed by atoms with Gasteiger partial charge in [-0.2, -0.15) is 9.78 Å². The minimum atomic E-state index is -0.456. The molecule has 2 spiro atoms. The summed E-state index contributed by atoms with van der Waals surface area (Å²) < 4.78 is 6.81. The van der Waals surface area contributed by atoms with E-state index in [1.165, 1.54) is 56.9 Å². The van der Waals surface area contributed by atoms with Crippen molar-refractivity contribution >= 4 is 0 Å². The maximum Gasteiger partial charge on any atom is 0.210 e. The third-order valence-electron chi connectivity index (χ3n) is 8.18. The van der Waals surface area contributed by atoms with Gasteiger partial charge in [-0.15, -0.1) is 0 Å². The Bertz CT molecular complexity index is 633. The molecular formula is C23H30O3. The molecule has 3 heteroatoms. The molecule has 0 atom stereocenters. The molecule has 1 aromatic rings. The van der Waals surface area contributed by atoms with E-state index in [0.29, 0.717) is 11.8 Å². The van der Waals surface area contributed by atoms with Crippen LogP contribution in [0.3, 0.4) is 0 Å². The molecule has 0 N–H and O–H groups in total. The molecule has 0 amide bonds. The first-order chi connectivity index (χ1) is 12.7. The lowest BCUT2D eigenvalue weighted by atomic mass is 9.53. The summed E-state index contributed by atoms with van der Waals surface area (Å²) in [5.74, 6) is 2.87. The summed E-state index contributed by atoms with van der Waals surface area (Å²) in [5.41, 5.74) is 1.45. The van der Waals surface area contributed by atoms with Crippen molar-refractivity contribution in [3.05, 3.63) is 35.9 Å². The van der Waals surface area contributed by atoms with E-state index in [2.05, 4.69) is 30.3 Å². The monoisotopic (exact) mass is 354 g/mol. The summed E-state index contributed by atoms with van der Waals surface area (Å²) in [5, 5.41) is 0. The molecule has 1 saturated heterocycles. The van der Waals surface area contributed by atoms with E-state index in [0.717, 1.165) is 30.6 Å². The van der Waals surface area contributed by atoms with Crippen molar-refractivity contribution in [2.75, 3.05) is 0 Å². The van der Waals surface area contributed by atoms with Gasteiger partial charge >= 0.3 is 0 Å². The highest BCUT2D eigenvalue weighted by Crippen LogP contribution is 2.63. The highest BCUT2D eigenvalue weighted by atomic mass is 17.3. The predicted octanol–water partition coefficient (Wildman–Crippen LogP) is 5.25. The highest BCUT2D eigenvalue weighted by Gasteiger charge is 2.66. The second kappa shape index (κ2) is 5.80. The Morgan fingerprint density at radius 3 is 2.12 bits per heavy atom. The largest absolute Gasteiger partial charge is 0.312 e. The Balaban J connectivity index is 1.14. The molecule has 1 aromatic carbocycles. The molecule has 5 aliphatic carbocycles. The zero-order valence-corrected chi connectivity index (χ0v) is 15.6. The van der Waals surface area contributed by atoms with Crippen LogP contribution in [-0.4, -0.2) is 11.6 Å². The zero-order valence-electron chi connectivity index (χ0n) is 15.6. The smallest absolute Gasteiger partial charge is 0.210 e. The van der Waals surface area contributed by atoms with E-state index in [1.807, 2.05) is 0 Å². The summed E-state index contributed by atoms with van der Waals surface area (Å²) in [6, 6.07) is 10.9. The standard InChI is InChI=1S/C23H30O3/c1-2-4-16(5-3-1)10-17-6-8-22(9-7-17)24-23(26-25-22)20-12-18-11-19(14-20)15-21(23)13-18/h1-5,17-21H,6-15H2. The normalized spacial score (nSPS) is 49.3. The van der Waals surface area contributed by atoms with Crippen LogP contribution in [-0.2, 0) is 20.9 Å². The Labute approximate surface area is 156 Å². The fourth-order valence-electron chi connectivity index (χ4n) is 7.06. The van der Waals surface area contributed by atoms with Gasteiger partial charge in [0, 0.05) is 24.7 Å². The van der Waals surface area contributed by atoms with E-state index in [9.17, 15) is 0 Å². The van der Waals surface area contributed by atoms with Crippen LogP contribution < -0.4 is 0 Å². The summed E-state index contributed by atoms with van der Waals surface area (Å²) in [7, 11) is 0. The zero-order chi connectivity index (χ0) is 17.2. The van der Waals surface area contributed by atoms with Gasteiger partial charge in [-0.05, 0) is 74.7 Å². The number of rotatable bonds is 2. The first-order valence-electron chi connectivity index (χ1n) is 10.8. The summed E-state index contributed by atoms with van der Waals surface area (Å²) in [6.45, 7) is 0. The highest BCUT2D eigenvalue weighted by molar-refractivity contribution is 5.15. The van der Waals surface area contributed by atoms with Gasteiger partial charge in [0.15, 0.2) is 0 Å². The molecule has 26 heavy (non-hydrogen) atoms. The van der Waals surface area contributed by atoms with Crippen molar-refractivity contribution in [1.82, 2.24) is 0 Å². The summed E-state index contributed by atoms with van der Waals surface area (Å²) in [6.07, 6.45) is 12.1. The molecule has 5 saturated carbocycles. The Hall–Kier alpha value is -0.900. The molecule has 0 unspecified atom stereocenters. The van der Waals surface area contributed by atoms with Crippen molar-refractivity contribution < 1.29 is 14.5 Å². The second-order valence-electron chi connectivity index (χ2n) is 9.84. The predicted molar refractivity (Wildman–Crippen MR) is 97.9 cm³/mol. The topological polar surface area (TPSA) is 27.7 Å². The first kappa shape index (κ1) is 16.1. The minimum absolute atomic E-state index is 0.403. The average molecular weight is 354 g/mol. The molecule has 6 aliphatic rings. The van der Waals surface area contributed by atoms with Crippen molar-refractivity contribution in [2.24, 2.45) is 29.6 Å². The van der Waals surface area contributed by atoms with E-state index in [1.54, 1.807) is 0 Å². The van der Waals surface area contributed by atoms with Crippen LogP contribution in [0.1, 0.15) is 63.4 Å². The lowest BCUT2D eigenvalue weighted by molar-refractivity contribution is -0.390. The van der Waals surface area contributed by atoms with E-state index < -0.39 is 11.6 Å². The van der Waals surface area contributed by atoms with E-state index >= 15 is 0 Å². The summed E-state index contributed by atoms with van der Waals surface area (Å²) >= 11 is 0. The maximum atomic E-state index is 6.81. The van der Waals surface area contributed by atoms with E-state index in [-0.39, 0.29) is 0 Å². The lowest BCUT2D eigenvalue weighted by Gasteiger charge is -2.57. The fourth-order valence-corrected chi connectivity index (χ4v) is 7.06. The molecule has 0 radical (unpaired) electrons. The molecule has 7 rings (SSSR count). The van der Waals surface area contributed by atoms with Gasteiger partial charge in [0.05, 0.1) is 0 Å². The van der Waals surface area contributed by atoms with Crippen LogP contribution in [0.2, 0.25) is 0 Å². The summed E-state index contributed by atoms with van der Waals surface area (Å²) in [4.78, 5) is 12.2. The minimum Gasteiger partial charge on any atom is -0.312 e. The Kier molecular flexibility index (Phi) is 3.59. The lowest BCUT2D eigenvalue weighted by Crippen LogP contribution is -2.59. The second-order valence-corrected chi connectivity index (χ2v) is 9.84. The SMILES string of the molecule is c1ccc(CC2CCC3(CC2)OOC2(O3)C3CC4CC(C3)CC2C4)cc1. The van der Waals surface area contributed by atoms with Crippen LogP contribution in [0.4, 0.5) is 0 Å². The number of hydrogen-bond donors (Lipinski definition) is 0. The molecule has 1 heterocycles. The molecule has 3 nitrogen and oxygen atoms in total. The van der Waals surface area contributed by atoms with Gasteiger partial charge in [-0.1, -0.05) is 30.3 Å². The van der Waals surface area contributed by atoms with Gasteiger partial charge in [-0.3, -0.25) is 0 Å². The van der Waals surface area contributed by atoms with Crippen LogP contribution in [0.15, 0.2) is 30.3 Å². The number of hydrogen-bond acceptors (Lipinski definition) is 3. The van der Waals surface area contributed by atoms with Crippen molar-refractivity contribution in [3.8, 4) is 0 Å². The Morgan fingerprint density at radius 2 is 1.46 bits per heavy atom. The molecule has 0 aromatic heterocycles. The van der Waals surface area contributed by atoms with Gasteiger partial charge in [0.1, 0.15) is 0 Å². The maximum absolute atomic E-state index is 6.81. The van der Waals surface area contributed by atoms with Crippen LogP contribution in [0.5, 0.6) is 0 Å². The molecule has 140 valence electrons. The van der Waals surface area contributed by atoms with Crippen LogP contribution in [0.25, 0.3) is 0 Å². The molecule has 1 aliphatic heterocycles. The number of benzene rings is 1. The van der Waals surface area contributed by atoms with Gasteiger partial charge in [0.2, 0.25) is 11.6 Å². The fraction of sp³-hybridized carbons (Fsp3) is 0.739. The van der Waals surface area contributed by atoms with E-state index in [4.69, 9.17) is 14.5 Å².